The van der Waals surface area contributed by atoms with Gasteiger partial charge in [-0.1, -0.05) is 0 Å². The van der Waals surface area contributed by atoms with Crippen molar-refractivity contribution < 1.29 is 4.79 Å². The number of nitrogens with one attached hydrogen (secondary N) is 1. The summed E-state index contributed by atoms with van der Waals surface area (Å²) in [5.74, 6) is -0.0984. The van der Waals surface area contributed by atoms with Crippen LogP contribution in [-0.4, -0.2) is 15.7 Å². The first kappa shape index (κ1) is 13.8. The van der Waals surface area contributed by atoms with Gasteiger partial charge in [-0.25, -0.2) is 4.68 Å². The van der Waals surface area contributed by atoms with Crippen LogP contribution < -0.4 is 16.6 Å². The van der Waals surface area contributed by atoms with Crippen molar-refractivity contribution in [2.24, 2.45) is 0 Å². The summed E-state index contributed by atoms with van der Waals surface area (Å²) in [6.07, 6.45) is 2.43. The van der Waals surface area contributed by atoms with Gasteiger partial charge < -0.3 is 11.1 Å². The van der Waals surface area contributed by atoms with Crippen LogP contribution in [0.15, 0.2) is 47.4 Å². The molecule has 20 heavy (non-hydrogen) atoms. The number of hydrogen-bond acceptors (Lipinski definition) is 4. The van der Waals surface area contributed by atoms with E-state index in [0.717, 1.165) is 0 Å². The van der Waals surface area contributed by atoms with E-state index in [2.05, 4.69) is 10.4 Å². The van der Waals surface area contributed by atoms with E-state index in [1.807, 2.05) is 0 Å². The average Bonchev–Trinajstić information content (AvgIpc) is 2.43. The molecule has 6 heteroatoms. The smallest absolute Gasteiger partial charge is 0.266 e. The number of amides is 1. The Hall–Kier alpha value is -2.63. The third kappa shape index (κ3) is 3.94. The number of rotatable bonds is 5. The molecule has 1 amide bonds. The van der Waals surface area contributed by atoms with E-state index < -0.39 is 0 Å². The number of aromatic nitrogens is 2. The molecule has 1 heterocycles. The van der Waals surface area contributed by atoms with E-state index in [-0.39, 0.29) is 11.5 Å². The van der Waals surface area contributed by atoms with Crippen LogP contribution in [0.3, 0.4) is 0 Å². The normalized spacial score (nSPS) is 10.2. The minimum Gasteiger partial charge on any atom is -0.399 e. The van der Waals surface area contributed by atoms with Crippen molar-refractivity contribution in [3.63, 3.8) is 0 Å². The summed E-state index contributed by atoms with van der Waals surface area (Å²) in [6, 6.07) is 9.98. The molecule has 104 valence electrons. The first-order chi connectivity index (χ1) is 9.65. The lowest BCUT2D eigenvalue weighted by molar-refractivity contribution is -0.116. The van der Waals surface area contributed by atoms with Crippen molar-refractivity contribution in [2.75, 3.05) is 11.1 Å². The summed E-state index contributed by atoms with van der Waals surface area (Å²) in [7, 11) is 0. The highest BCUT2D eigenvalue weighted by Gasteiger charge is 2.03. The Morgan fingerprint density at radius 3 is 2.70 bits per heavy atom. The quantitative estimate of drug-likeness (QED) is 0.801. The van der Waals surface area contributed by atoms with E-state index in [9.17, 15) is 9.59 Å². The second kappa shape index (κ2) is 6.51. The average molecular weight is 272 g/mol. The monoisotopic (exact) mass is 272 g/mol. The molecule has 0 aliphatic heterocycles. The first-order valence-electron chi connectivity index (χ1n) is 6.33. The Morgan fingerprint density at radius 1 is 1.25 bits per heavy atom. The van der Waals surface area contributed by atoms with E-state index in [0.29, 0.717) is 30.8 Å². The highest BCUT2D eigenvalue weighted by molar-refractivity contribution is 5.90. The molecule has 0 aliphatic carbocycles. The minimum atomic E-state index is -0.161. The molecule has 1 aromatic carbocycles. The van der Waals surface area contributed by atoms with Crippen molar-refractivity contribution in [1.82, 2.24) is 9.78 Å². The summed E-state index contributed by atoms with van der Waals surface area (Å²) < 4.78 is 1.34. The zero-order valence-corrected chi connectivity index (χ0v) is 11.0. The van der Waals surface area contributed by atoms with Crippen LogP contribution in [0, 0.1) is 0 Å². The van der Waals surface area contributed by atoms with Gasteiger partial charge in [0.05, 0.1) is 0 Å². The number of nitrogens with zero attached hydrogens (tertiary/aromatic N) is 2. The fourth-order valence-electron chi connectivity index (χ4n) is 1.73. The predicted octanol–water partition coefficient (Wildman–Crippen LogP) is 1.24. The number of benzene rings is 1. The molecule has 3 N–H and O–H groups in total. The lowest BCUT2D eigenvalue weighted by Crippen LogP contribution is -2.22. The first-order valence-corrected chi connectivity index (χ1v) is 6.33. The van der Waals surface area contributed by atoms with Crippen molar-refractivity contribution >= 4 is 17.3 Å². The number of carbonyl (C=O) groups excluding carboxylic acids is 1. The van der Waals surface area contributed by atoms with E-state index in [1.54, 1.807) is 36.5 Å². The van der Waals surface area contributed by atoms with Crippen molar-refractivity contribution in [2.45, 2.75) is 19.4 Å². The maximum atomic E-state index is 11.7. The molecule has 0 spiro atoms. The van der Waals surface area contributed by atoms with Gasteiger partial charge in [0.25, 0.3) is 5.56 Å². The number of anilines is 2. The third-order valence-electron chi connectivity index (χ3n) is 2.75. The molecule has 0 saturated heterocycles. The Bertz CT molecular complexity index is 634. The molecule has 0 radical (unpaired) electrons. The van der Waals surface area contributed by atoms with Gasteiger partial charge in [0.15, 0.2) is 0 Å². The summed E-state index contributed by atoms with van der Waals surface area (Å²) in [4.78, 5) is 23.1. The van der Waals surface area contributed by atoms with Gasteiger partial charge in [-0.15, -0.1) is 0 Å². The Balaban J connectivity index is 1.80. The van der Waals surface area contributed by atoms with Gasteiger partial charge in [0.1, 0.15) is 0 Å². The maximum absolute atomic E-state index is 11.7. The topological polar surface area (TPSA) is 90.0 Å². The number of hydrogen-bond donors (Lipinski definition) is 2. The fraction of sp³-hybridized carbons (Fsp3) is 0.214. The molecule has 6 nitrogen and oxygen atoms in total. The molecule has 0 saturated carbocycles. The molecular weight excluding hydrogens is 256 g/mol. The number of carbonyl (C=O) groups is 1. The molecule has 0 fully saturated rings. The molecule has 2 rings (SSSR count). The molecular formula is C14H16N4O2. The molecule has 0 bridgehead atoms. The third-order valence-corrected chi connectivity index (χ3v) is 2.75. The Labute approximate surface area is 116 Å². The molecule has 0 unspecified atom stereocenters. The van der Waals surface area contributed by atoms with Crippen LogP contribution >= 0.6 is 0 Å². The predicted molar refractivity (Wildman–Crippen MR) is 77.2 cm³/mol. The van der Waals surface area contributed by atoms with Crippen molar-refractivity contribution in [3.8, 4) is 0 Å². The number of aryl methyl sites for hydroxylation is 1. The zero-order valence-electron chi connectivity index (χ0n) is 11.0. The van der Waals surface area contributed by atoms with E-state index in [4.69, 9.17) is 5.73 Å². The lowest BCUT2D eigenvalue weighted by Gasteiger charge is -2.06. The van der Waals surface area contributed by atoms with Crippen LogP contribution in [0.2, 0.25) is 0 Å². The van der Waals surface area contributed by atoms with Gasteiger partial charge in [-0.05, 0) is 36.8 Å². The largest absolute Gasteiger partial charge is 0.399 e. The van der Waals surface area contributed by atoms with Gasteiger partial charge in [-0.3, -0.25) is 9.59 Å². The maximum Gasteiger partial charge on any atom is 0.266 e. The van der Waals surface area contributed by atoms with Crippen LogP contribution in [0.4, 0.5) is 11.4 Å². The number of nitrogen functional groups attached to an aromatic ring is 1. The fourth-order valence-corrected chi connectivity index (χ4v) is 1.73. The Morgan fingerprint density at radius 2 is 2.00 bits per heavy atom. The van der Waals surface area contributed by atoms with Gasteiger partial charge >= 0.3 is 0 Å². The summed E-state index contributed by atoms with van der Waals surface area (Å²) >= 11 is 0. The second-order valence-corrected chi connectivity index (χ2v) is 4.36. The van der Waals surface area contributed by atoms with Gasteiger partial charge in [0, 0.05) is 36.6 Å². The summed E-state index contributed by atoms with van der Waals surface area (Å²) in [5, 5.41) is 6.70. The zero-order chi connectivity index (χ0) is 14.4. The summed E-state index contributed by atoms with van der Waals surface area (Å²) in [6.45, 7) is 0.425. The van der Waals surface area contributed by atoms with E-state index >= 15 is 0 Å². The SMILES string of the molecule is Nc1ccc(NC(=O)CCCn2ncccc2=O)cc1. The molecule has 0 aliphatic rings. The number of nitrogens with two attached hydrogens (primary N) is 1. The second-order valence-electron chi connectivity index (χ2n) is 4.36. The van der Waals surface area contributed by atoms with Crippen LogP contribution in [0.5, 0.6) is 0 Å². The molecule has 2 aromatic rings. The lowest BCUT2D eigenvalue weighted by atomic mass is 10.2. The molecule has 1 aromatic heterocycles. The van der Waals surface area contributed by atoms with Gasteiger partial charge in [0.2, 0.25) is 5.91 Å². The van der Waals surface area contributed by atoms with Gasteiger partial charge in [-0.2, -0.15) is 5.10 Å². The van der Waals surface area contributed by atoms with Crippen LogP contribution in [0.25, 0.3) is 0 Å². The molecule has 0 atom stereocenters. The summed E-state index contributed by atoms with van der Waals surface area (Å²) in [5.41, 5.74) is 6.76. The Kier molecular flexibility index (Phi) is 4.49. The minimum absolute atomic E-state index is 0.0984. The van der Waals surface area contributed by atoms with Crippen molar-refractivity contribution in [1.29, 1.82) is 0 Å². The van der Waals surface area contributed by atoms with Crippen molar-refractivity contribution in [3.05, 3.63) is 52.9 Å². The van der Waals surface area contributed by atoms with E-state index in [1.165, 1.54) is 10.7 Å². The van der Waals surface area contributed by atoms with Crippen LogP contribution in [-0.2, 0) is 11.3 Å². The van der Waals surface area contributed by atoms with Crippen LogP contribution in [0.1, 0.15) is 12.8 Å². The highest BCUT2D eigenvalue weighted by Crippen LogP contribution is 2.10. The standard InChI is InChI=1S/C14H16N4O2/c15-11-5-7-12(8-6-11)17-13(19)3-2-10-18-14(20)4-1-9-16-18/h1,4-9H,2-3,10,15H2,(H,17,19). The highest BCUT2D eigenvalue weighted by atomic mass is 16.1.